The van der Waals surface area contributed by atoms with Gasteiger partial charge in [0.05, 0.1) is 4.92 Å². The minimum atomic E-state index is -1.29. The van der Waals surface area contributed by atoms with Crippen molar-refractivity contribution in [1.29, 1.82) is 0 Å². The van der Waals surface area contributed by atoms with E-state index in [0.29, 0.717) is 0 Å². The lowest BCUT2D eigenvalue weighted by atomic mass is 11.4. The molecule has 0 spiro atoms. The first-order chi connectivity index (χ1) is 2.27. The Hall–Kier alpha value is -0.670. The van der Waals surface area contributed by atoms with Gasteiger partial charge < -0.3 is 0 Å². The predicted octanol–water partition coefficient (Wildman–Crippen LogP) is 0.229. The van der Waals surface area contributed by atoms with Gasteiger partial charge in [0.2, 0.25) is 0 Å². The van der Waals surface area contributed by atoms with Gasteiger partial charge in [0, 0.05) is 0 Å². The molecule has 0 amide bonds. The molecule has 2 radical (unpaired) electrons. The van der Waals surface area contributed by atoms with Crippen molar-refractivity contribution in [2.45, 2.75) is 0 Å². The van der Waals surface area contributed by atoms with E-state index < -0.39 is 4.92 Å². The fraction of sp³-hybridized carbons (Fsp3) is 0. The monoisotopic (exact) mass is 77.0 g/mol. The molecule has 0 unspecified atom stereocenters. The molecular weight excluding hydrogens is 77.0 g/mol. The molecule has 0 aromatic heterocycles. The van der Waals surface area contributed by atoms with Crippen LogP contribution < -0.4 is 0 Å². The SMILES string of the molecule is O=[N+]([O-])[C]F. The molecule has 0 saturated carbocycles. The van der Waals surface area contributed by atoms with Crippen LogP contribution in [0.3, 0.4) is 0 Å². The Balaban J connectivity index is 2.85. The quantitative estimate of drug-likeness (QED) is 0.194. The van der Waals surface area contributed by atoms with Crippen LogP contribution in [0.4, 0.5) is 4.39 Å². The minimum absolute atomic E-state index is 0.250. The maximum Gasteiger partial charge on any atom is 0.583 e. The smallest absolute Gasteiger partial charge is 0.261 e. The summed E-state index contributed by atoms with van der Waals surface area (Å²) < 4.78 is 10.2. The number of hydrogen-bond donors (Lipinski definition) is 0. The highest BCUT2D eigenvalue weighted by atomic mass is 19.1. The predicted molar refractivity (Wildman–Crippen MR) is 11.3 cm³/mol. The lowest BCUT2D eigenvalue weighted by Gasteiger charge is -1.64. The van der Waals surface area contributed by atoms with Gasteiger partial charge >= 0.3 is 6.80 Å². The second-order valence-corrected chi connectivity index (χ2v) is 0.342. The zero-order valence-corrected chi connectivity index (χ0v) is 2.14. The summed E-state index contributed by atoms with van der Waals surface area (Å²) in [7, 11) is 0. The maximum absolute atomic E-state index is 10.2. The molecular formula is CFNO2. The fourth-order valence-electron chi connectivity index (χ4n) is 0. The first kappa shape index (κ1) is 4.33. The van der Waals surface area contributed by atoms with Crippen LogP contribution in [0, 0.1) is 16.9 Å². The summed E-state index contributed by atoms with van der Waals surface area (Å²) in [5, 5.41) is 8.69. The Labute approximate surface area is 27.6 Å². The molecule has 0 aliphatic heterocycles. The van der Waals surface area contributed by atoms with Crippen molar-refractivity contribution in [2.75, 3.05) is 0 Å². The van der Waals surface area contributed by atoms with Gasteiger partial charge in [-0.25, -0.2) is 0 Å². The van der Waals surface area contributed by atoms with Crippen LogP contribution in [0.1, 0.15) is 0 Å². The Morgan fingerprint density at radius 2 is 2.20 bits per heavy atom. The highest BCUT2D eigenvalue weighted by Gasteiger charge is 1.93. The van der Waals surface area contributed by atoms with Gasteiger partial charge in [-0.15, -0.1) is 4.39 Å². The number of halogens is 1. The lowest BCUT2D eigenvalue weighted by molar-refractivity contribution is -0.458. The standard InChI is InChI=1S/CFNO2/c2-1-3(4)5. The molecule has 0 aliphatic carbocycles. The first-order valence-electron chi connectivity index (χ1n) is 0.778. The molecule has 0 rings (SSSR count). The van der Waals surface area contributed by atoms with Gasteiger partial charge in [0.25, 0.3) is 0 Å². The van der Waals surface area contributed by atoms with Crippen LogP contribution in [-0.4, -0.2) is 4.92 Å². The minimum Gasteiger partial charge on any atom is -0.261 e. The molecule has 0 heterocycles. The number of rotatable bonds is 1. The van der Waals surface area contributed by atoms with Crippen LogP contribution in [-0.2, 0) is 0 Å². The van der Waals surface area contributed by atoms with E-state index in [1.54, 1.807) is 0 Å². The molecule has 0 atom stereocenters. The summed E-state index contributed by atoms with van der Waals surface area (Å²) >= 11 is 0. The molecule has 0 fully saturated rings. The van der Waals surface area contributed by atoms with Crippen molar-refractivity contribution >= 4 is 0 Å². The summed E-state index contributed by atoms with van der Waals surface area (Å²) in [4.78, 5) is 7.40. The highest BCUT2D eigenvalue weighted by molar-refractivity contribution is 4.12. The van der Waals surface area contributed by atoms with Gasteiger partial charge in [0.15, 0.2) is 0 Å². The Morgan fingerprint density at radius 3 is 2.20 bits per heavy atom. The average Bonchev–Trinajstić information content (AvgIpc) is 1.38. The maximum atomic E-state index is 10.2. The topological polar surface area (TPSA) is 43.1 Å². The molecule has 5 heavy (non-hydrogen) atoms. The molecule has 0 aromatic rings. The summed E-state index contributed by atoms with van der Waals surface area (Å²) in [6.45, 7) is 0.250. The van der Waals surface area contributed by atoms with Crippen LogP contribution in [0.15, 0.2) is 0 Å². The van der Waals surface area contributed by atoms with Crippen molar-refractivity contribution in [3.8, 4) is 0 Å². The number of nitro groups is 1. The lowest BCUT2D eigenvalue weighted by Crippen LogP contribution is -1.83. The Kier molecular flexibility index (Phi) is 1.41. The van der Waals surface area contributed by atoms with E-state index in [1.807, 2.05) is 0 Å². The first-order valence-corrected chi connectivity index (χ1v) is 0.778. The zero-order valence-electron chi connectivity index (χ0n) is 2.14. The molecule has 0 aromatic carbocycles. The van der Waals surface area contributed by atoms with Crippen molar-refractivity contribution in [3.63, 3.8) is 0 Å². The van der Waals surface area contributed by atoms with Crippen LogP contribution in [0.5, 0.6) is 0 Å². The Morgan fingerprint density at radius 1 is 2.00 bits per heavy atom. The second-order valence-electron chi connectivity index (χ2n) is 0.342. The fourth-order valence-corrected chi connectivity index (χ4v) is 0. The largest absolute Gasteiger partial charge is 0.583 e. The van der Waals surface area contributed by atoms with E-state index >= 15 is 0 Å². The summed E-state index contributed by atoms with van der Waals surface area (Å²) in [5.74, 6) is 0. The molecule has 28 valence electrons. The highest BCUT2D eigenvalue weighted by Crippen LogP contribution is 1.72. The van der Waals surface area contributed by atoms with E-state index in [-0.39, 0.29) is 6.80 Å². The van der Waals surface area contributed by atoms with Crippen LogP contribution >= 0.6 is 0 Å². The van der Waals surface area contributed by atoms with E-state index in [4.69, 9.17) is 10.1 Å². The van der Waals surface area contributed by atoms with Gasteiger partial charge in [-0.2, -0.15) is 0 Å². The molecule has 3 nitrogen and oxygen atoms in total. The summed E-state index contributed by atoms with van der Waals surface area (Å²) in [6, 6.07) is 0. The van der Waals surface area contributed by atoms with E-state index in [9.17, 15) is 4.39 Å². The van der Waals surface area contributed by atoms with Crippen molar-refractivity contribution in [2.24, 2.45) is 0 Å². The molecule has 4 heteroatoms. The van der Waals surface area contributed by atoms with E-state index in [2.05, 4.69) is 0 Å². The van der Waals surface area contributed by atoms with Crippen molar-refractivity contribution < 1.29 is 9.31 Å². The van der Waals surface area contributed by atoms with Gasteiger partial charge in [-0.05, 0) is 0 Å². The molecule has 0 saturated heterocycles. The van der Waals surface area contributed by atoms with Crippen LogP contribution in [0.2, 0.25) is 0 Å². The van der Waals surface area contributed by atoms with Crippen molar-refractivity contribution in [3.05, 3.63) is 16.9 Å². The van der Waals surface area contributed by atoms with E-state index in [1.165, 1.54) is 0 Å². The number of hydrogen-bond acceptors (Lipinski definition) is 2. The van der Waals surface area contributed by atoms with Gasteiger partial charge in [-0.3, -0.25) is 10.1 Å². The summed E-state index contributed by atoms with van der Waals surface area (Å²) in [5.41, 5.74) is 0. The van der Waals surface area contributed by atoms with Crippen LogP contribution in [0.25, 0.3) is 0 Å². The normalized spacial score (nSPS) is 7.40. The Bertz CT molecular complexity index is 44.9. The summed E-state index contributed by atoms with van der Waals surface area (Å²) in [6.07, 6.45) is 0. The van der Waals surface area contributed by atoms with Crippen molar-refractivity contribution in [1.82, 2.24) is 0 Å². The zero-order chi connectivity index (χ0) is 4.28. The third-order valence-corrected chi connectivity index (χ3v) is 0.0690. The third kappa shape index (κ3) is 3.33. The second kappa shape index (κ2) is 1.63. The third-order valence-electron chi connectivity index (χ3n) is 0.0690. The molecule has 0 bridgehead atoms. The molecule has 0 aliphatic rings. The van der Waals surface area contributed by atoms with Gasteiger partial charge in [-0.1, -0.05) is 0 Å². The molecule has 0 N–H and O–H groups in total. The van der Waals surface area contributed by atoms with E-state index in [0.717, 1.165) is 0 Å². The average molecular weight is 77.0 g/mol. The van der Waals surface area contributed by atoms with Gasteiger partial charge in [0.1, 0.15) is 0 Å². The number of nitrogens with zero attached hydrogens (tertiary/aromatic N) is 1.